The summed E-state index contributed by atoms with van der Waals surface area (Å²) in [6.45, 7) is 2.06. The number of carboxylic acid groups (broad SMARTS) is 1. The Hall–Kier alpha value is -3.22. The van der Waals surface area contributed by atoms with Gasteiger partial charge in [0.15, 0.2) is 0 Å². The van der Waals surface area contributed by atoms with E-state index in [2.05, 4.69) is 21.2 Å². The van der Waals surface area contributed by atoms with Gasteiger partial charge in [0, 0.05) is 32.9 Å². The zero-order valence-electron chi connectivity index (χ0n) is 18.4. The highest BCUT2D eigenvalue weighted by Crippen LogP contribution is 2.31. The molecule has 0 aliphatic heterocycles. The van der Waals surface area contributed by atoms with Crippen LogP contribution in [0, 0.1) is 6.92 Å². The topological polar surface area (TPSA) is 79.3 Å². The third-order valence-electron chi connectivity index (χ3n) is 5.74. The second kappa shape index (κ2) is 10.4. The number of carboxylic acids is 1. The zero-order valence-corrected chi connectivity index (χ0v) is 20.7. The average molecular weight is 538 g/mol. The lowest BCUT2D eigenvalue weighted by Gasteiger charge is -2.19. The van der Waals surface area contributed by atoms with Gasteiger partial charge in [-0.25, -0.2) is 4.98 Å². The fraction of sp³-hybridized carbons (Fsp3) is 0.148. The number of nitrogens with one attached hydrogen (secondary N) is 1. The van der Waals surface area contributed by atoms with Gasteiger partial charge in [-0.15, -0.1) is 0 Å². The van der Waals surface area contributed by atoms with Crippen LogP contribution in [0.1, 0.15) is 33.8 Å². The van der Waals surface area contributed by atoms with Crippen molar-refractivity contribution in [2.75, 3.05) is 6.54 Å². The van der Waals surface area contributed by atoms with Gasteiger partial charge in [0.05, 0.1) is 23.2 Å². The van der Waals surface area contributed by atoms with E-state index >= 15 is 0 Å². The van der Waals surface area contributed by atoms with Crippen molar-refractivity contribution in [1.29, 1.82) is 0 Å². The summed E-state index contributed by atoms with van der Waals surface area (Å²) in [6, 6.07) is 22.4. The number of amides is 1. The summed E-state index contributed by atoms with van der Waals surface area (Å²) in [4.78, 5) is 29.8. The first-order chi connectivity index (χ1) is 16.3. The minimum absolute atomic E-state index is 0.112. The van der Waals surface area contributed by atoms with Crippen LogP contribution < -0.4 is 5.32 Å². The van der Waals surface area contributed by atoms with Crippen LogP contribution in [0.25, 0.3) is 22.2 Å². The first-order valence-corrected chi connectivity index (χ1v) is 11.9. The molecule has 0 saturated heterocycles. The normalized spacial score (nSPS) is 11.9. The Morgan fingerprint density at radius 3 is 2.44 bits per heavy atom. The first kappa shape index (κ1) is 23.9. The van der Waals surface area contributed by atoms with Gasteiger partial charge in [-0.2, -0.15) is 0 Å². The second-order valence-corrected chi connectivity index (χ2v) is 9.40. The number of pyridine rings is 1. The summed E-state index contributed by atoms with van der Waals surface area (Å²) >= 11 is 9.48. The largest absolute Gasteiger partial charge is 0.481 e. The summed E-state index contributed by atoms with van der Waals surface area (Å²) < 4.78 is 0.840. The molecule has 4 rings (SSSR count). The second-order valence-electron chi connectivity index (χ2n) is 8.04. The Labute approximate surface area is 210 Å². The SMILES string of the molecule is Cc1c(-c2ccccc2)nc2ccc(Br)cc2c1C(=O)NC[C@H](CC(=O)O)c1ccc(Cl)cc1. The summed E-state index contributed by atoms with van der Waals surface area (Å²) in [5.41, 5.74) is 4.45. The summed E-state index contributed by atoms with van der Waals surface area (Å²) in [6.07, 6.45) is -0.112. The van der Waals surface area contributed by atoms with E-state index in [9.17, 15) is 14.7 Å². The molecule has 1 atom stereocenters. The quantitative estimate of drug-likeness (QED) is 0.278. The van der Waals surface area contributed by atoms with Crippen molar-refractivity contribution in [3.63, 3.8) is 0 Å². The van der Waals surface area contributed by atoms with Gasteiger partial charge < -0.3 is 10.4 Å². The number of fused-ring (bicyclic) bond motifs is 1. The van der Waals surface area contributed by atoms with E-state index in [0.717, 1.165) is 32.2 Å². The van der Waals surface area contributed by atoms with E-state index in [1.165, 1.54) is 0 Å². The molecule has 0 aliphatic carbocycles. The molecule has 0 bridgehead atoms. The number of aromatic nitrogens is 1. The number of hydrogen-bond acceptors (Lipinski definition) is 3. The van der Waals surface area contributed by atoms with Gasteiger partial charge >= 0.3 is 5.97 Å². The molecule has 0 spiro atoms. The number of nitrogens with zero attached hydrogens (tertiary/aromatic N) is 1. The van der Waals surface area contributed by atoms with Crippen LogP contribution in [-0.2, 0) is 4.79 Å². The average Bonchev–Trinajstić information content (AvgIpc) is 2.82. The Morgan fingerprint density at radius 1 is 1.06 bits per heavy atom. The lowest BCUT2D eigenvalue weighted by atomic mass is 9.94. The summed E-state index contributed by atoms with van der Waals surface area (Å²) in [7, 11) is 0. The van der Waals surface area contributed by atoms with E-state index in [-0.39, 0.29) is 18.9 Å². The van der Waals surface area contributed by atoms with E-state index in [1.54, 1.807) is 24.3 Å². The minimum atomic E-state index is -0.935. The Bertz CT molecular complexity index is 1360. The highest BCUT2D eigenvalue weighted by molar-refractivity contribution is 9.10. The van der Waals surface area contributed by atoms with Gasteiger partial charge in [0.2, 0.25) is 0 Å². The molecule has 172 valence electrons. The molecule has 1 heterocycles. The molecule has 7 heteroatoms. The lowest BCUT2D eigenvalue weighted by molar-refractivity contribution is -0.137. The molecule has 0 aliphatic rings. The van der Waals surface area contributed by atoms with Gasteiger partial charge in [0.25, 0.3) is 5.91 Å². The molecule has 4 aromatic rings. The van der Waals surface area contributed by atoms with Crippen LogP contribution in [0.5, 0.6) is 0 Å². The number of hydrogen-bond donors (Lipinski definition) is 2. The first-order valence-electron chi connectivity index (χ1n) is 10.7. The van der Waals surface area contributed by atoms with Crippen molar-refractivity contribution < 1.29 is 14.7 Å². The highest BCUT2D eigenvalue weighted by atomic mass is 79.9. The van der Waals surface area contributed by atoms with E-state index < -0.39 is 11.9 Å². The Kier molecular flexibility index (Phi) is 7.29. The van der Waals surface area contributed by atoms with Crippen LogP contribution in [0.3, 0.4) is 0 Å². The van der Waals surface area contributed by atoms with Crippen LogP contribution in [0.15, 0.2) is 77.3 Å². The van der Waals surface area contributed by atoms with E-state index in [0.29, 0.717) is 16.1 Å². The third-order valence-corrected chi connectivity index (χ3v) is 6.48. The van der Waals surface area contributed by atoms with Crippen molar-refractivity contribution in [3.05, 3.63) is 99.0 Å². The number of aliphatic carboxylic acids is 1. The van der Waals surface area contributed by atoms with Crippen molar-refractivity contribution in [1.82, 2.24) is 10.3 Å². The standard InChI is InChI=1S/C27H22BrClN2O3/c1-16-25(27(34)30-15-19(13-24(32)33)17-7-10-21(29)11-8-17)22-14-20(28)9-12-23(22)31-26(16)18-5-3-2-4-6-18/h2-12,14,19H,13,15H2,1H3,(H,30,34)(H,32,33)/t19-/m0/s1. The number of halogens is 2. The predicted octanol–water partition coefficient (Wildman–Crippen LogP) is 6.61. The van der Waals surface area contributed by atoms with Crippen molar-refractivity contribution in [2.24, 2.45) is 0 Å². The van der Waals surface area contributed by atoms with E-state index in [1.807, 2.05) is 55.5 Å². The molecule has 34 heavy (non-hydrogen) atoms. The monoisotopic (exact) mass is 536 g/mol. The van der Waals surface area contributed by atoms with E-state index in [4.69, 9.17) is 16.6 Å². The molecular weight excluding hydrogens is 516 g/mol. The van der Waals surface area contributed by atoms with Crippen LogP contribution in [-0.4, -0.2) is 28.5 Å². The summed E-state index contributed by atoms with van der Waals surface area (Å²) in [5.74, 6) is -1.60. The maximum atomic E-state index is 13.5. The maximum absolute atomic E-state index is 13.5. The maximum Gasteiger partial charge on any atom is 0.304 e. The highest BCUT2D eigenvalue weighted by Gasteiger charge is 2.22. The molecule has 0 fully saturated rings. The zero-order chi connectivity index (χ0) is 24.2. The van der Waals surface area contributed by atoms with Crippen LogP contribution >= 0.6 is 27.5 Å². The lowest BCUT2D eigenvalue weighted by Crippen LogP contribution is -2.30. The fourth-order valence-corrected chi connectivity index (χ4v) is 4.55. The number of benzene rings is 3. The Morgan fingerprint density at radius 2 is 1.76 bits per heavy atom. The molecule has 1 aromatic heterocycles. The third kappa shape index (κ3) is 5.29. The molecule has 5 nitrogen and oxygen atoms in total. The van der Waals surface area contributed by atoms with Crippen LogP contribution in [0.2, 0.25) is 5.02 Å². The molecular formula is C27H22BrClN2O3. The smallest absolute Gasteiger partial charge is 0.304 e. The molecule has 2 N–H and O–H groups in total. The number of carbonyl (C=O) groups excluding carboxylic acids is 1. The van der Waals surface area contributed by atoms with Crippen molar-refractivity contribution >= 4 is 50.3 Å². The molecule has 0 saturated carbocycles. The summed E-state index contributed by atoms with van der Waals surface area (Å²) in [5, 5.41) is 13.7. The van der Waals surface area contributed by atoms with Crippen molar-refractivity contribution in [3.8, 4) is 11.3 Å². The van der Waals surface area contributed by atoms with Gasteiger partial charge in [-0.3, -0.25) is 9.59 Å². The predicted molar refractivity (Wildman–Crippen MR) is 138 cm³/mol. The molecule has 1 amide bonds. The van der Waals surface area contributed by atoms with Crippen molar-refractivity contribution in [2.45, 2.75) is 19.3 Å². The number of rotatable bonds is 7. The molecule has 0 radical (unpaired) electrons. The van der Waals surface area contributed by atoms with Gasteiger partial charge in [-0.1, -0.05) is 70.0 Å². The Balaban J connectivity index is 1.72. The fourth-order valence-electron chi connectivity index (χ4n) is 4.06. The molecule has 0 unspecified atom stereocenters. The van der Waals surface area contributed by atoms with Crippen LogP contribution in [0.4, 0.5) is 0 Å². The van der Waals surface area contributed by atoms with Gasteiger partial charge in [0.1, 0.15) is 0 Å². The molecule has 3 aromatic carbocycles. The number of carbonyl (C=O) groups is 2. The minimum Gasteiger partial charge on any atom is -0.481 e. The van der Waals surface area contributed by atoms with Gasteiger partial charge in [-0.05, 0) is 48.4 Å².